The average molecular weight is 765 g/mol. The van der Waals surface area contributed by atoms with Gasteiger partial charge in [-0.1, -0.05) is 11.6 Å². The quantitative estimate of drug-likeness (QED) is 0.343. The van der Waals surface area contributed by atoms with E-state index in [-0.39, 0.29) is 90.2 Å². The summed E-state index contributed by atoms with van der Waals surface area (Å²) in [6.45, 7) is 8.17. The monoisotopic (exact) mass is 764 g/mol. The minimum absolute atomic E-state index is 0.0196. The van der Waals surface area contributed by atoms with E-state index in [0.29, 0.717) is 51.1 Å². The van der Waals surface area contributed by atoms with E-state index >= 15 is 8.78 Å². The Morgan fingerprint density at radius 2 is 1.63 bits per heavy atom. The van der Waals surface area contributed by atoms with Gasteiger partial charge in [-0.2, -0.15) is 4.31 Å². The Hall–Kier alpha value is -3.56. The molecule has 12 nitrogen and oxygen atoms in total. The molecule has 4 aliphatic rings. The first-order valence-electron chi connectivity index (χ1n) is 18.0. The number of nitrogens with one attached hydrogen (secondary N) is 1. The molecule has 0 radical (unpaired) electrons. The van der Waals surface area contributed by atoms with Gasteiger partial charge >= 0.3 is 6.09 Å². The first-order chi connectivity index (χ1) is 24.5. The van der Waals surface area contributed by atoms with E-state index in [1.54, 1.807) is 47.6 Å². The molecular formula is C36H47ClF2N6O6S. The molecule has 0 spiro atoms. The maximum Gasteiger partial charge on any atom is 0.410 e. The maximum atomic E-state index is 16.0. The lowest BCUT2D eigenvalue weighted by molar-refractivity contribution is -0.129. The first kappa shape index (κ1) is 38.2. The zero-order chi connectivity index (χ0) is 37.4. The summed E-state index contributed by atoms with van der Waals surface area (Å²) in [6.07, 6.45) is 1.89. The normalized spacial score (nSPS) is 22.3. The van der Waals surface area contributed by atoms with Crippen molar-refractivity contribution in [2.75, 3.05) is 62.2 Å². The molecule has 284 valence electrons. The number of rotatable bonds is 9. The van der Waals surface area contributed by atoms with Gasteiger partial charge in [-0.15, -0.1) is 0 Å². The lowest BCUT2D eigenvalue weighted by Gasteiger charge is -2.40. The van der Waals surface area contributed by atoms with Crippen molar-refractivity contribution in [1.29, 1.82) is 0 Å². The molecule has 1 aromatic heterocycles. The van der Waals surface area contributed by atoms with Crippen molar-refractivity contribution < 1.29 is 36.3 Å². The third-order valence-corrected chi connectivity index (χ3v) is 12.5. The maximum absolute atomic E-state index is 16.0. The number of carbonyl (C=O) groups is 3. The van der Waals surface area contributed by atoms with E-state index in [4.69, 9.17) is 16.3 Å². The van der Waals surface area contributed by atoms with Gasteiger partial charge in [0.15, 0.2) is 0 Å². The van der Waals surface area contributed by atoms with E-state index in [2.05, 4.69) is 10.3 Å². The second kappa shape index (κ2) is 15.1. The molecule has 1 aromatic carbocycles. The van der Waals surface area contributed by atoms with Crippen molar-refractivity contribution in [2.24, 2.45) is 17.8 Å². The van der Waals surface area contributed by atoms with E-state index in [9.17, 15) is 22.8 Å². The molecule has 3 amide bonds. The van der Waals surface area contributed by atoms with Crippen LogP contribution in [0.5, 0.6) is 0 Å². The topological polar surface area (TPSA) is 132 Å². The summed E-state index contributed by atoms with van der Waals surface area (Å²) in [5, 5.41) is 2.87. The Morgan fingerprint density at radius 1 is 0.981 bits per heavy atom. The highest BCUT2D eigenvalue weighted by Crippen LogP contribution is 2.46. The lowest BCUT2D eigenvalue weighted by Crippen LogP contribution is -2.55. The molecule has 2 aromatic rings. The van der Waals surface area contributed by atoms with Crippen molar-refractivity contribution in [1.82, 2.24) is 19.5 Å². The number of likely N-dealkylation sites (tertiary alicyclic amines) is 1. The number of pyridine rings is 1. The highest BCUT2D eigenvalue weighted by Gasteiger charge is 2.45. The highest BCUT2D eigenvalue weighted by atomic mass is 35.5. The van der Waals surface area contributed by atoms with Crippen LogP contribution in [0.2, 0.25) is 5.15 Å². The van der Waals surface area contributed by atoms with Gasteiger partial charge in [-0.25, -0.2) is 27.0 Å². The van der Waals surface area contributed by atoms with Crippen LogP contribution in [0.1, 0.15) is 64.9 Å². The van der Waals surface area contributed by atoms with Gasteiger partial charge in [-0.3, -0.25) is 9.59 Å². The zero-order valence-corrected chi connectivity index (χ0v) is 31.4. The van der Waals surface area contributed by atoms with Gasteiger partial charge in [0.05, 0.1) is 4.90 Å². The van der Waals surface area contributed by atoms with Gasteiger partial charge in [0.2, 0.25) is 21.8 Å². The predicted molar refractivity (Wildman–Crippen MR) is 192 cm³/mol. The van der Waals surface area contributed by atoms with Crippen LogP contribution in [-0.2, 0) is 30.3 Å². The van der Waals surface area contributed by atoms with Gasteiger partial charge in [0, 0.05) is 87.8 Å². The van der Waals surface area contributed by atoms with Crippen molar-refractivity contribution in [2.45, 2.75) is 75.7 Å². The van der Waals surface area contributed by atoms with Crippen LogP contribution in [0.3, 0.4) is 0 Å². The van der Waals surface area contributed by atoms with Gasteiger partial charge < -0.3 is 24.8 Å². The Morgan fingerprint density at radius 3 is 2.23 bits per heavy atom. The van der Waals surface area contributed by atoms with Crippen molar-refractivity contribution in [3.05, 3.63) is 47.1 Å². The second-order valence-electron chi connectivity index (χ2n) is 15.2. The number of alkyl halides is 2. The number of anilines is 2. The van der Waals surface area contributed by atoms with E-state index in [0.717, 1.165) is 6.42 Å². The third kappa shape index (κ3) is 8.46. The van der Waals surface area contributed by atoms with Crippen LogP contribution in [0, 0.1) is 17.8 Å². The SMILES string of the molecule is CC(C)(C)OC(=O)N1CC(CNC(=O)[C@H]2CC[C@H](C(F)(F)c3cc(Cl)nc(N4CCN(S(=O)(=O)c5ccc(N6CCCC6=O)cc5)CC4)c3)CC2)C1. The summed E-state index contributed by atoms with van der Waals surface area (Å²) in [5.41, 5.74) is -0.157. The van der Waals surface area contributed by atoms with Crippen LogP contribution < -0.4 is 15.1 Å². The van der Waals surface area contributed by atoms with Gasteiger partial charge in [-0.05, 0) is 89.3 Å². The molecule has 0 atom stereocenters. The number of amides is 3. The van der Waals surface area contributed by atoms with Crippen LogP contribution in [0.4, 0.5) is 25.1 Å². The smallest absolute Gasteiger partial charge is 0.410 e. The molecule has 0 bridgehead atoms. The number of aromatic nitrogens is 1. The van der Waals surface area contributed by atoms with E-state index in [1.165, 1.54) is 28.6 Å². The minimum atomic E-state index is -3.81. The number of carbonyl (C=O) groups excluding carboxylic acids is 3. The number of piperazine rings is 1. The number of halogens is 3. The number of hydrogen-bond donors (Lipinski definition) is 1. The van der Waals surface area contributed by atoms with E-state index in [1.807, 2.05) is 0 Å². The largest absolute Gasteiger partial charge is 0.444 e. The average Bonchev–Trinajstić information content (AvgIpc) is 3.52. The highest BCUT2D eigenvalue weighted by molar-refractivity contribution is 7.89. The Balaban J connectivity index is 0.991. The number of ether oxygens (including phenoxy) is 1. The summed E-state index contributed by atoms with van der Waals surface area (Å²) in [7, 11) is -3.81. The van der Waals surface area contributed by atoms with Crippen molar-refractivity contribution in [3.63, 3.8) is 0 Å². The Kier molecular flexibility index (Phi) is 11.1. The summed E-state index contributed by atoms with van der Waals surface area (Å²) < 4.78 is 65.6. The minimum Gasteiger partial charge on any atom is -0.444 e. The fourth-order valence-corrected chi connectivity index (χ4v) is 9.01. The Labute approximate surface area is 308 Å². The Bertz CT molecular complexity index is 1750. The second-order valence-corrected chi connectivity index (χ2v) is 17.6. The lowest BCUT2D eigenvalue weighted by atomic mass is 9.77. The summed E-state index contributed by atoms with van der Waals surface area (Å²) in [6, 6.07) is 8.82. The zero-order valence-electron chi connectivity index (χ0n) is 29.8. The fraction of sp³-hybridized carbons (Fsp3) is 0.611. The molecule has 3 saturated heterocycles. The standard InChI is InChI=1S/C36H47ClF2N6O6S/c1-35(2,3)51-34(48)43-22-24(23-43)21-40-33(47)25-6-8-26(9-7-25)36(38,39)27-19-30(37)41-31(20-27)42-15-17-44(18-16-42)52(49,50)29-12-10-28(11-13-29)45-14-4-5-32(45)46/h10-13,19-20,24-26H,4-9,14-18,21-23H2,1-3H3,(H,40,47)/t25-,26-. The summed E-state index contributed by atoms with van der Waals surface area (Å²) in [4.78, 5) is 46.5. The molecule has 6 rings (SSSR count). The van der Waals surface area contributed by atoms with Crippen LogP contribution in [0.15, 0.2) is 41.3 Å². The molecule has 0 unspecified atom stereocenters. The molecule has 4 fully saturated rings. The molecule has 16 heteroatoms. The summed E-state index contributed by atoms with van der Waals surface area (Å²) >= 11 is 6.28. The molecule has 3 aliphatic heterocycles. The van der Waals surface area contributed by atoms with Gasteiger partial charge in [0.25, 0.3) is 5.92 Å². The van der Waals surface area contributed by atoms with Gasteiger partial charge in [0.1, 0.15) is 16.6 Å². The molecule has 1 saturated carbocycles. The fourth-order valence-electron chi connectivity index (χ4n) is 7.38. The molecular weight excluding hydrogens is 718 g/mol. The molecule has 4 heterocycles. The number of hydrogen-bond acceptors (Lipinski definition) is 8. The summed E-state index contributed by atoms with van der Waals surface area (Å²) in [5.74, 6) is -4.29. The van der Waals surface area contributed by atoms with E-state index < -0.39 is 27.5 Å². The van der Waals surface area contributed by atoms with Crippen LogP contribution in [0.25, 0.3) is 0 Å². The molecule has 52 heavy (non-hydrogen) atoms. The third-order valence-electron chi connectivity index (χ3n) is 10.4. The van der Waals surface area contributed by atoms with Crippen LogP contribution >= 0.6 is 11.6 Å². The van der Waals surface area contributed by atoms with Crippen molar-refractivity contribution in [3.8, 4) is 0 Å². The number of benzene rings is 1. The predicted octanol–water partition coefficient (Wildman–Crippen LogP) is 5.25. The van der Waals surface area contributed by atoms with Crippen LogP contribution in [-0.4, -0.2) is 98.5 Å². The number of sulfonamides is 1. The van der Waals surface area contributed by atoms with Crippen molar-refractivity contribution >= 4 is 51.0 Å². The number of nitrogens with zero attached hydrogens (tertiary/aromatic N) is 5. The first-order valence-corrected chi connectivity index (χ1v) is 19.8. The molecule has 1 N–H and O–H groups in total. The molecule has 1 aliphatic carbocycles.